The van der Waals surface area contributed by atoms with E-state index in [0.29, 0.717) is 22.2 Å². The van der Waals surface area contributed by atoms with E-state index in [4.69, 9.17) is 27.9 Å². The summed E-state index contributed by atoms with van der Waals surface area (Å²) in [6.07, 6.45) is 0.418. The zero-order valence-electron chi connectivity index (χ0n) is 12.7. The summed E-state index contributed by atoms with van der Waals surface area (Å²) in [5.74, 6) is -0.696. The van der Waals surface area contributed by atoms with Gasteiger partial charge in [0.05, 0.1) is 0 Å². The summed E-state index contributed by atoms with van der Waals surface area (Å²) in [5.41, 5.74) is 0.596. The molecule has 0 saturated carbocycles. The Morgan fingerprint density at radius 2 is 1.75 bits per heavy atom. The fourth-order valence-corrected chi connectivity index (χ4v) is 3.26. The number of hydrogen-bond donors (Lipinski definition) is 1. The van der Waals surface area contributed by atoms with Crippen molar-refractivity contribution in [3.05, 3.63) is 63.9 Å². The third-order valence-corrected chi connectivity index (χ3v) is 4.30. The van der Waals surface area contributed by atoms with E-state index in [0.717, 1.165) is 5.56 Å². The molecule has 7 heteroatoms. The van der Waals surface area contributed by atoms with Gasteiger partial charge in [-0.05, 0) is 42.8 Å². The minimum Gasteiger partial charge on any atom is -0.453 e. The molecule has 0 amide bonds. The van der Waals surface area contributed by atoms with Gasteiger partial charge in [-0.1, -0.05) is 35.3 Å². The fraction of sp³-hybridized carbons (Fsp3) is 0.235. The Balaban J connectivity index is 0.00000208. The second-order valence-corrected chi connectivity index (χ2v) is 6.59. The van der Waals surface area contributed by atoms with Gasteiger partial charge >= 0.3 is 5.97 Å². The van der Waals surface area contributed by atoms with E-state index in [1.54, 1.807) is 30.3 Å². The highest BCUT2D eigenvalue weighted by Crippen LogP contribution is 2.38. The number of hydrogen-bond acceptors (Lipinski definition) is 3. The summed E-state index contributed by atoms with van der Waals surface area (Å²) in [6.45, 7) is 1.81. The molecule has 128 valence electrons. The number of rotatable bonds is 3. The van der Waals surface area contributed by atoms with E-state index in [9.17, 15) is 9.18 Å². The number of anilines is 1. The number of benzene rings is 2. The molecule has 0 radical (unpaired) electrons. The van der Waals surface area contributed by atoms with Crippen molar-refractivity contribution in [1.29, 1.82) is 0 Å². The van der Waals surface area contributed by atoms with Crippen LogP contribution in [0.15, 0.2) is 42.5 Å². The molecule has 1 N–H and O–H groups in total. The monoisotopic (exact) mass is 389 g/mol. The van der Waals surface area contributed by atoms with Crippen molar-refractivity contribution in [2.24, 2.45) is 0 Å². The van der Waals surface area contributed by atoms with Crippen LogP contribution in [0.3, 0.4) is 0 Å². The average molecular weight is 391 g/mol. The SMILES string of the molecule is CC1(c2ccc(F)cc2)CC(Nc2cc(Cl)cc(Cl)c2)C(=O)O1.Cl. The Morgan fingerprint density at radius 3 is 2.33 bits per heavy atom. The van der Waals surface area contributed by atoms with Crippen LogP contribution in [-0.4, -0.2) is 12.0 Å². The summed E-state index contributed by atoms with van der Waals surface area (Å²) in [6, 6.07) is 10.4. The van der Waals surface area contributed by atoms with Crippen molar-refractivity contribution in [2.45, 2.75) is 25.0 Å². The van der Waals surface area contributed by atoms with E-state index in [1.807, 2.05) is 6.92 Å². The van der Waals surface area contributed by atoms with Gasteiger partial charge in [0.1, 0.15) is 17.5 Å². The van der Waals surface area contributed by atoms with E-state index in [2.05, 4.69) is 5.32 Å². The smallest absolute Gasteiger partial charge is 0.329 e. The highest BCUT2D eigenvalue weighted by atomic mass is 35.5. The molecule has 0 bridgehead atoms. The minimum absolute atomic E-state index is 0. The molecule has 0 aliphatic carbocycles. The molecule has 0 spiro atoms. The van der Waals surface area contributed by atoms with Gasteiger partial charge in [0.2, 0.25) is 0 Å². The summed E-state index contributed by atoms with van der Waals surface area (Å²) in [5, 5.41) is 4.05. The van der Waals surface area contributed by atoms with Gasteiger partial charge in [-0.2, -0.15) is 0 Å². The zero-order valence-corrected chi connectivity index (χ0v) is 15.0. The second kappa shape index (κ2) is 7.18. The molecule has 1 aliphatic rings. The number of esters is 1. The van der Waals surface area contributed by atoms with E-state index in [1.165, 1.54) is 12.1 Å². The maximum absolute atomic E-state index is 13.1. The first-order valence-corrected chi connectivity index (χ1v) is 7.83. The molecule has 1 fully saturated rings. The average Bonchev–Trinajstić information content (AvgIpc) is 2.74. The van der Waals surface area contributed by atoms with Crippen molar-refractivity contribution >= 4 is 47.3 Å². The molecule has 2 atom stereocenters. The van der Waals surface area contributed by atoms with Crippen molar-refractivity contribution in [3.8, 4) is 0 Å². The van der Waals surface area contributed by atoms with Gasteiger partial charge in [-0.25, -0.2) is 9.18 Å². The molecule has 24 heavy (non-hydrogen) atoms. The van der Waals surface area contributed by atoms with Crippen molar-refractivity contribution < 1.29 is 13.9 Å². The Labute approximate surface area is 155 Å². The molecule has 2 unspecified atom stereocenters. The van der Waals surface area contributed by atoms with Gasteiger partial charge in [-0.15, -0.1) is 12.4 Å². The Kier molecular flexibility index (Phi) is 5.63. The van der Waals surface area contributed by atoms with Crippen LogP contribution < -0.4 is 5.32 Å². The van der Waals surface area contributed by atoms with Crippen molar-refractivity contribution in [3.63, 3.8) is 0 Å². The van der Waals surface area contributed by atoms with Crippen LogP contribution in [0, 0.1) is 5.82 Å². The van der Waals surface area contributed by atoms with E-state index < -0.39 is 11.6 Å². The number of nitrogens with one attached hydrogen (secondary N) is 1. The minimum atomic E-state index is -0.801. The maximum atomic E-state index is 13.1. The molecule has 1 saturated heterocycles. The summed E-state index contributed by atoms with van der Waals surface area (Å²) in [7, 11) is 0. The van der Waals surface area contributed by atoms with Crippen LogP contribution in [0.25, 0.3) is 0 Å². The summed E-state index contributed by atoms with van der Waals surface area (Å²) in [4.78, 5) is 12.2. The second-order valence-electron chi connectivity index (χ2n) is 5.72. The Hall–Kier alpha value is -1.49. The van der Waals surface area contributed by atoms with Crippen LogP contribution in [0.4, 0.5) is 10.1 Å². The number of carbonyl (C=O) groups is 1. The normalized spacial score (nSPS) is 22.7. The molecule has 2 aromatic rings. The van der Waals surface area contributed by atoms with Crippen LogP contribution in [-0.2, 0) is 15.1 Å². The van der Waals surface area contributed by atoms with Crippen molar-refractivity contribution in [1.82, 2.24) is 0 Å². The summed E-state index contributed by atoms with van der Waals surface area (Å²) < 4.78 is 18.6. The predicted molar refractivity (Wildman–Crippen MR) is 95.6 cm³/mol. The quantitative estimate of drug-likeness (QED) is 0.732. The lowest BCUT2D eigenvalue weighted by Crippen LogP contribution is -2.25. The summed E-state index contributed by atoms with van der Waals surface area (Å²) >= 11 is 11.9. The van der Waals surface area contributed by atoms with Gasteiger partial charge in [0.15, 0.2) is 0 Å². The lowest BCUT2D eigenvalue weighted by atomic mass is 9.91. The number of halogens is 4. The fourth-order valence-electron chi connectivity index (χ4n) is 2.74. The van der Waals surface area contributed by atoms with Crippen LogP contribution in [0.5, 0.6) is 0 Å². The number of cyclic esters (lactones) is 1. The third kappa shape index (κ3) is 3.94. The Bertz CT molecular complexity index is 734. The molecule has 0 aromatic heterocycles. The molecule has 2 aromatic carbocycles. The number of carbonyl (C=O) groups excluding carboxylic acids is 1. The molecule has 1 aliphatic heterocycles. The first-order valence-electron chi connectivity index (χ1n) is 7.07. The van der Waals surface area contributed by atoms with Gasteiger partial charge in [-0.3, -0.25) is 0 Å². The molecule has 1 heterocycles. The molecule has 3 rings (SSSR count). The van der Waals surface area contributed by atoms with E-state index >= 15 is 0 Å². The van der Waals surface area contributed by atoms with Crippen LogP contribution in [0.2, 0.25) is 10.0 Å². The van der Waals surface area contributed by atoms with Crippen molar-refractivity contribution in [2.75, 3.05) is 5.32 Å². The first-order chi connectivity index (χ1) is 10.9. The zero-order chi connectivity index (χ0) is 16.6. The molecule has 3 nitrogen and oxygen atoms in total. The third-order valence-electron chi connectivity index (χ3n) is 3.86. The Morgan fingerprint density at radius 1 is 1.17 bits per heavy atom. The van der Waals surface area contributed by atoms with Gasteiger partial charge < -0.3 is 10.1 Å². The van der Waals surface area contributed by atoms with Gasteiger partial charge in [0, 0.05) is 22.2 Å². The standard InChI is InChI=1S/C17H14Cl2FNO2.ClH/c1-17(10-2-4-13(20)5-3-10)9-15(16(22)23-17)21-14-7-11(18)6-12(19)8-14;/h2-8,15,21H,9H2,1H3;1H. The van der Waals surface area contributed by atoms with Gasteiger partial charge in [0.25, 0.3) is 0 Å². The largest absolute Gasteiger partial charge is 0.453 e. The lowest BCUT2D eigenvalue weighted by Gasteiger charge is -2.23. The highest BCUT2D eigenvalue weighted by molar-refractivity contribution is 6.35. The van der Waals surface area contributed by atoms with Crippen LogP contribution >= 0.6 is 35.6 Å². The predicted octanol–water partition coefficient (Wildman–Crippen LogP) is 5.20. The van der Waals surface area contributed by atoms with E-state index in [-0.39, 0.29) is 24.2 Å². The lowest BCUT2D eigenvalue weighted by molar-refractivity contribution is -0.148. The number of ether oxygens (including phenoxy) is 1. The highest BCUT2D eigenvalue weighted by Gasteiger charge is 2.44. The topological polar surface area (TPSA) is 38.3 Å². The molecular formula is C17H15Cl3FNO2. The molecular weight excluding hydrogens is 376 g/mol. The first kappa shape index (κ1) is 18.8. The van der Waals surface area contributed by atoms with Crippen LogP contribution in [0.1, 0.15) is 18.9 Å². The maximum Gasteiger partial charge on any atom is 0.329 e.